The summed E-state index contributed by atoms with van der Waals surface area (Å²) in [5, 5.41) is 7.10. The van der Waals surface area contributed by atoms with Crippen LogP contribution in [-0.2, 0) is 6.42 Å². The van der Waals surface area contributed by atoms with Gasteiger partial charge in [-0.3, -0.25) is 0 Å². The van der Waals surface area contributed by atoms with Crippen molar-refractivity contribution in [1.82, 2.24) is 10.6 Å². The molecule has 0 saturated carbocycles. The van der Waals surface area contributed by atoms with Crippen molar-refractivity contribution < 1.29 is 0 Å². The molecular weight excluding hydrogens is 220 g/mol. The monoisotopic (exact) mass is 246 g/mol. The zero-order chi connectivity index (χ0) is 12.8. The largest absolute Gasteiger partial charge is 0.314 e. The van der Waals surface area contributed by atoms with Crippen LogP contribution in [0.1, 0.15) is 49.8 Å². The van der Waals surface area contributed by atoms with E-state index in [1.807, 2.05) is 0 Å². The molecule has 2 nitrogen and oxygen atoms in total. The molecular formula is C16H26N2. The van der Waals surface area contributed by atoms with Crippen LogP contribution in [0.3, 0.4) is 0 Å². The Morgan fingerprint density at radius 1 is 1.28 bits per heavy atom. The lowest BCUT2D eigenvalue weighted by Crippen LogP contribution is -2.37. The molecule has 2 heteroatoms. The zero-order valence-corrected chi connectivity index (χ0v) is 11.7. The van der Waals surface area contributed by atoms with E-state index < -0.39 is 0 Å². The number of rotatable bonds is 5. The third-order valence-electron chi connectivity index (χ3n) is 4.07. The molecule has 18 heavy (non-hydrogen) atoms. The first-order valence-electron chi connectivity index (χ1n) is 7.33. The van der Waals surface area contributed by atoms with E-state index in [1.54, 1.807) is 0 Å². The highest BCUT2D eigenvalue weighted by Gasteiger charge is 2.18. The Hall–Kier alpha value is -0.860. The van der Waals surface area contributed by atoms with Crippen LogP contribution < -0.4 is 10.6 Å². The van der Waals surface area contributed by atoms with Crippen LogP contribution in [0.15, 0.2) is 24.3 Å². The smallest absolute Gasteiger partial charge is 0.0332 e. The van der Waals surface area contributed by atoms with Crippen molar-refractivity contribution in [1.29, 1.82) is 0 Å². The lowest BCUT2D eigenvalue weighted by Gasteiger charge is -2.28. The van der Waals surface area contributed by atoms with Crippen molar-refractivity contribution in [3.63, 3.8) is 0 Å². The second-order valence-corrected chi connectivity index (χ2v) is 5.32. The number of hydrogen-bond acceptors (Lipinski definition) is 2. The zero-order valence-electron chi connectivity index (χ0n) is 11.7. The molecule has 2 unspecified atom stereocenters. The molecule has 0 aromatic heterocycles. The van der Waals surface area contributed by atoms with Gasteiger partial charge >= 0.3 is 0 Å². The van der Waals surface area contributed by atoms with Gasteiger partial charge in [0.1, 0.15) is 0 Å². The Morgan fingerprint density at radius 3 is 2.61 bits per heavy atom. The highest BCUT2D eigenvalue weighted by molar-refractivity contribution is 5.25. The first kappa shape index (κ1) is 13.6. The Morgan fingerprint density at radius 2 is 2.06 bits per heavy atom. The summed E-state index contributed by atoms with van der Waals surface area (Å²) in [7, 11) is 2.07. The van der Waals surface area contributed by atoms with Crippen LogP contribution in [-0.4, -0.2) is 19.6 Å². The molecule has 0 radical (unpaired) electrons. The third kappa shape index (κ3) is 3.56. The fourth-order valence-electron chi connectivity index (χ4n) is 2.82. The van der Waals surface area contributed by atoms with Crippen molar-refractivity contribution >= 4 is 0 Å². The summed E-state index contributed by atoms with van der Waals surface area (Å²) in [6.07, 6.45) is 6.36. The average molecular weight is 246 g/mol. The lowest BCUT2D eigenvalue weighted by molar-refractivity contribution is 0.347. The molecule has 2 rings (SSSR count). The van der Waals surface area contributed by atoms with E-state index in [-0.39, 0.29) is 0 Å². The maximum Gasteiger partial charge on any atom is 0.0332 e. The van der Waals surface area contributed by atoms with Crippen molar-refractivity contribution in [3.05, 3.63) is 35.4 Å². The maximum atomic E-state index is 3.64. The molecule has 0 amide bonds. The molecule has 1 aromatic carbocycles. The standard InChI is InChI=1S/C16H26N2/c1-3-13-7-9-14(10-8-13)16(17-2)12-15-6-4-5-11-18-15/h7-10,15-18H,3-6,11-12H2,1-2H3. The van der Waals surface area contributed by atoms with E-state index >= 15 is 0 Å². The van der Waals surface area contributed by atoms with Gasteiger partial charge in [0.2, 0.25) is 0 Å². The summed E-state index contributed by atoms with van der Waals surface area (Å²) in [5.74, 6) is 0. The quantitative estimate of drug-likeness (QED) is 0.834. The summed E-state index contributed by atoms with van der Waals surface area (Å²) in [6.45, 7) is 3.40. The first-order chi connectivity index (χ1) is 8.83. The molecule has 0 spiro atoms. The summed E-state index contributed by atoms with van der Waals surface area (Å²) in [5.41, 5.74) is 2.84. The van der Waals surface area contributed by atoms with Crippen molar-refractivity contribution in [3.8, 4) is 0 Å². The van der Waals surface area contributed by atoms with Gasteiger partial charge < -0.3 is 10.6 Å². The molecule has 0 aliphatic carbocycles. The summed E-state index contributed by atoms with van der Waals surface area (Å²) >= 11 is 0. The van der Waals surface area contributed by atoms with E-state index in [4.69, 9.17) is 0 Å². The van der Waals surface area contributed by atoms with Crippen LogP contribution in [0.5, 0.6) is 0 Å². The fourth-order valence-corrected chi connectivity index (χ4v) is 2.82. The Balaban J connectivity index is 1.97. The average Bonchev–Trinajstić information content (AvgIpc) is 2.46. The predicted molar refractivity (Wildman–Crippen MR) is 77.9 cm³/mol. The Labute approximate surface area is 111 Å². The van der Waals surface area contributed by atoms with Gasteiger partial charge in [-0.2, -0.15) is 0 Å². The second-order valence-electron chi connectivity index (χ2n) is 5.32. The molecule has 1 aromatic rings. The van der Waals surface area contributed by atoms with Gasteiger partial charge in [-0.15, -0.1) is 0 Å². The Kier molecular flexibility index (Phi) is 5.21. The topological polar surface area (TPSA) is 24.1 Å². The van der Waals surface area contributed by atoms with E-state index in [1.165, 1.54) is 43.4 Å². The number of aryl methyl sites for hydroxylation is 1. The van der Waals surface area contributed by atoms with Gasteiger partial charge in [-0.05, 0) is 50.4 Å². The van der Waals surface area contributed by atoms with Gasteiger partial charge in [0, 0.05) is 12.1 Å². The molecule has 1 aliphatic heterocycles. The highest BCUT2D eigenvalue weighted by atomic mass is 14.9. The number of hydrogen-bond donors (Lipinski definition) is 2. The number of piperidine rings is 1. The van der Waals surface area contributed by atoms with Crippen molar-refractivity contribution in [2.24, 2.45) is 0 Å². The number of benzene rings is 1. The van der Waals surface area contributed by atoms with E-state index in [0.29, 0.717) is 12.1 Å². The molecule has 1 aliphatic rings. The van der Waals surface area contributed by atoms with E-state index in [2.05, 4.69) is 48.9 Å². The molecule has 0 bridgehead atoms. The molecule has 100 valence electrons. The van der Waals surface area contributed by atoms with Gasteiger partial charge in [0.05, 0.1) is 0 Å². The minimum absolute atomic E-state index is 0.478. The molecule has 1 heterocycles. The third-order valence-corrected chi connectivity index (χ3v) is 4.07. The summed E-state index contributed by atoms with van der Waals surface area (Å²) < 4.78 is 0. The molecule has 1 fully saturated rings. The fraction of sp³-hybridized carbons (Fsp3) is 0.625. The van der Waals surface area contributed by atoms with Crippen LogP contribution in [0, 0.1) is 0 Å². The minimum atomic E-state index is 0.478. The predicted octanol–water partition coefficient (Wildman–Crippen LogP) is 3.04. The van der Waals surface area contributed by atoms with Crippen molar-refractivity contribution in [2.45, 2.75) is 51.1 Å². The number of nitrogens with one attached hydrogen (secondary N) is 2. The minimum Gasteiger partial charge on any atom is -0.314 e. The van der Waals surface area contributed by atoms with Gasteiger partial charge in [0.25, 0.3) is 0 Å². The van der Waals surface area contributed by atoms with Crippen LogP contribution in [0.25, 0.3) is 0 Å². The lowest BCUT2D eigenvalue weighted by atomic mass is 9.93. The van der Waals surface area contributed by atoms with Crippen LogP contribution in [0.2, 0.25) is 0 Å². The van der Waals surface area contributed by atoms with Crippen LogP contribution in [0.4, 0.5) is 0 Å². The Bertz CT molecular complexity index is 339. The first-order valence-corrected chi connectivity index (χ1v) is 7.33. The van der Waals surface area contributed by atoms with Gasteiger partial charge in [0.15, 0.2) is 0 Å². The van der Waals surface area contributed by atoms with Crippen molar-refractivity contribution in [2.75, 3.05) is 13.6 Å². The normalized spacial score (nSPS) is 21.8. The van der Waals surface area contributed by atoms with Gasteiger partial charge in [-0.1, -0.05) is 37.6 Å². The molecule has 2 N–H and O–H groups in total. The SMILES string of the molecule is CCc1ccc(C(CC2CCCCN2)NC)cc1. The highest BCUT2D eigenvalue weighted by Crippen LogP contribution is 2.22. The summed E-state index contributed by atoms with van der Waals surface area (Å²) in [4.78, 5) is 0. The summed E-state index contributed by atoms with van der Waals surface area (Å²) in [6, 6.07) is 10.2. The van der Waals surface area contributed by atoms with E-state index in [0.717, 1.165) is 6.42 Å². The second kappa shape index (κ2) is 6.91. The maximum absolute atomic E-state index is 3.64. The molecule has 2 atom stereocenters. The van der Waals surface area contributed by atoms with E-state index in [9.17, 15) is 0 Å². The molecule has 1 saturated heterocycles. The van der Waals surface area contributed by atoms with Crippen LogP contribution >= 0.6 is 0 Å². The van der Waals surface area contributed by atoms with Gasteiger partial charge in [-0.25, -0.2) is 0 Å².